The monoisotopic (exact) mass is 501 g/mol. The number of rotatable bonds is 4. The molecule has 196 valence electrons. The molecule has 37 heavy (non-hydrogen) atoms. The van der Waals surface area contributed by atoms with Gasteiger partial charge >= 0.3 is 0 Å². The lowest BCUT2D eigenvalue weighted by Crippen LogP contribution is -2.40. The molecular weight excluding hydrogens is 462 g/mol. The van der Waals surface area contributed by atoms with Crippen LogP contribution < -0.4 is 5.56 Å². The molecule has 0 bridgehead atoms. The summed E-state index contributed by atoms with van der Waals surface area (Å²) < 4.78 is 6.48. The average Bonchev–Trinajstić information content (AvgIpc) is 3.08. The fourth-order valence-corrected chi connectivity index (χ4v) is 6.59. The van der Waals surface area contributed by atoms with Crippen molar-refractivity contribution in [2.24, 2.45) is 11.8 Å². The van der Waals surface area contributed by atoms with Crippen molar-refractivity contribution >= 4 is 17.2 Å². The van der Waals surface area contributed by atoms with Crippen LogP contribution in [0.4, 0.5) is 0 Å². The number of hydrogen-bond donors (Lipinski definition) is 0. The Kier molecular flexibility index (Phi) is 7.08. The van der Waals surface area contributed by atoms with E-state index in [1.54, 1.807) is 14.2 Å². The summed E-state index contributed by atoms with van der Waals surface area (Å²) in [5, 5.41) is 0.724. The van der Waals surface area contributed by atoms with Crippen LogP contribution in [0.5, 0.6) is 0 Å². The summed E-state index contributed by atoms with van der Waals surface area (Å²) in [6.07, 6.45) is 5.62. The number of methoxy groups -OCH3 is 1. The van der Waals surface area contributed by atoms with Gasteiger partial charge in [0.05, 0.1) is 22.0 Å². The third kappa shape index (κ3) is 4.55. The van der Waals surface area contributed by atoms with E-state index in [-0.39, 0.29) is 11.0 Å². The van der Waals surface area contributed by atoms with Crippen LogP contribution in [0.3, 0.4) is 0 Å². The van der Waals surface area contributed by atoms with Gasteiger partial charge in [-0.2, -0.15) is 4.98 Å². The van der Waals surface area contributed by atoms with Crippen molar-refractivity contribution in [2.75, 3.05) is 33.9 Å². The Morgan fingerprint density at radius 1 is 1.11 bits per heavy atom. The second kappa shape index (κ2) is 10.1. The third-order valence-corrected chi connectivity index (χ3v) is 8.66. The molecule has 6 rings (SSSR count). The van der Waals surface area contributed by atoms with Crippen LogP contribution in [-0.2, 0) is 14.9 Å². The molecule has 0 N–H and O–H groups in total. The normalized spacial score (nSPS) is 22.5. The summed E-state index contributed by atoms with van der Waals surface area (Å²) >= 11 is 0. The minimum atomic E-state index is -0.309. The number of aldehydes is 1. The van der Waals surface area contributed by atoms with Crippen molar-refractivity contribution < 1.29 is 9.53 Å². The molecular formula is C31H39N3O3. The Morgan fingerprint density at radius 2 is 1.81 bits per heavy atom. The third-order valence-electron chi connectivity index (χ3n) is 8.66. The van der Waals surface area contributed by atoms with Crippen molar-refractivity contribution in [1.29, 1.82) is 0 Å². The molecule has 1 aromatic heterocycles. The van der Waals surface area contributed by atoms with Gasteiger partial charge in [-0.3, -0.25) is 9.36 Å². The lowest BCUT2D eigenvalue weighted by molar-refractivity contribution is -0.114. The molecule has 1 saturated heterocycles. The molecule has 0 radical (unpaired) electrons. The summed E-state index contributed by atoms with van der Waals surface area (Å²) in [7, 11) is 3.25. The van der Waals surface area contributed by atoms with Gasteiger partial charge < -0.3 is 14.4 Å². The highest BCUT2D eigenvalue weighted by atomic mass is 16.4. The summed E-state index contributed by atoms with van der Waals surface area (Å²) in [5.74, 6) is 2.41. The van der Waals surface area contributed by atoms with Crippen molar-refractivity contribution in [1.82, 2.24) is 14.5 Å². The number of benzene rings is 2. The van der Waals surface area contributed by atoms with Crippen LogP contribution in [-0.4, -0.2) is 54.6 Å². The molecule has 1 saturated carbocycles. The predicted molar refractivity (Wildman–Crippen MR) is 148 cm³/mol. The van der Waals surface area contributed by atoms with E-state index >= 15 is 0 Å². The van der Waals surface area contributed by atoms with Gasteiger partial charge in [-0.1, -0.05) is 24.3 Å². The Bertz CT molecular complexity index is 1360. The first-order chi connectivity index (χ1) is 17.8. The molecule has 2 fully saturated rings. The molecule has 3 aliphatic rings. The van der Waals surface area contributed by atoms with Gasteiger partial charge in [-0.15, -0.1) is 0 Å². The van der Waals surface area contributed by atoms with E-state index in [4.69, 9.17) is 0 Å². The number of carbonyl (C=O) groups excluding carboxylic acids is 1. The van der Waals surface area contributed by atoms with Crippen LogP contribution in [0.2, 0.25) is 0 Å². The second-order valence-corrected chi connectivity index (χ2v) is 11.7. The number of fused-ring (bicyclic) bond motifs is 5. The van der Waals surface area contributed by atoms with Gasteiger partial charge in [0.1, 0.15) is 12.1 Å². The lowest BCUT2D eigenvalue weighted by atomic mass is 9.75. The average molecular weight is 502 g/mol. The Balaban J connectivity index is 0.000000892. The number of aryl methyl sites for hydroxylation is 1. The Morgan fingerprint density at radius 3 is 2.49 bits per heavy atom. The van der Waals surface area contributed by atoms with E-state index in [0.29, 0.717) is 17.8 Å². The number of carbonyl (C=O) groups is 1. The van der Waals surface area contributed by atoms with Gasteiger partial charge in [-0.25, -0.2) is 0 Å². The van der Waals surface area contributed by atoms with Crippen molar-refractivity contribution in [3.05, 3.63) is 69.3 Å². The molecule has 2 aliphatic heterocycles. The largest absolute Gasteiger partial charge is 0.388 e. The Hall–Kier alpha value is -2.83. The van der Waals surface area contributed by atoms with E-state index in [9.17, 15) is 9.59 Å². The minimum Gasteiger partial charge on any atom is -0.388 e. The fourth-order valence-electron chi connectivity index (χ4n) is 6.59. The highest BCUT2D eigenvalue weighted by Crippen LogP contribution is 2.44. The van der Waals surface area contributed by atoms with Gasteiger partial charge in [0.15, 0.2) is 0 Å². The van der Waals surface area contributed by atoms with Crippen molar-refractivity contribution in [3.63, 3.8) is 0 Å². The number of aromatic nitrogens is 2. The Labute approximate surface area is 219 Å². The smallest absolute Gasteiger partial charge is 0.281 e. The zero-order chi connectivity index (χ0) is 26.3. The summed E-state index contributed by atoms with van der Waals surface area (Å²) in [5.41, 5.74) is 5.32. The van der Waals surface area contributed by atoms with E-state index in [2.05, 4.69) is 57.3 Å². The first-order valence-electron chi connectivity index (χ1n) is 13.5. The minimum absolute atomic E-state index is 0.126. The standard InChI is InChI=1S/C29H33N3O2.C2H6O/c1-18-5-4-6-24-26(18)27(34)30-28-29(2,3)23-8-7-22(15-25(23)32(24)28)21-9-11-31(12-10-21)16-19-13-20(14-19)17-33;1-3-2/h4-8,15,17,19-21H,9-14,16H2,1-3H3;1-2H3. The molecule has 0 unspecified atom stereocenters. The van der Waals surface area contributed by atoms with E-state index < -0.39 is 0 Å². The SMILES string of the molecule is COC.Cc1cccc2c1c(=O)nc1n2-c2cc(C3CCN(CC4CC(C=O)C4)CC3)ccc2C1(C)C. The molecule has 2 aromatic carbocycles. The first-order valence-corrected chi connectivity index (χ1v) is 13.5. The molecule has 0 atom stereocenters. The maximum Gasteiger partial charge on any atom is 0.281 e. The number of likely N-dealkylation sites (tertiary alicyclic amines) is 1. The van der Waals surface area contributed by atoms with Gasteiger partial charge in [0.25, 0.3) is 5.56 Å². The lowest BCUT2D eigenvalue weighted by Gasteiger charge is -2.39. The topological polar surface area (TPSA) is 64.4 Å². The molecule has 0 amide bonds. The van der Waals surface area contributed by atoms with Gasteiger partial charge in [0, 0.05) is 26.7 Å². The predicted octanol–water partition coefficient (Wildman–Crippen LogP) is 5.00. The molecule has 6 nitrogen and oxygen atoms in total. The van der Waals surface area contributed by atoms with Crippen LogP contribution in [0, 0.1) is 18.8 Å². The van der Waals surface area contributed by atoms with Crippen LogP contribution in [0.15, 0.2) is 41.2 Å². The molecule has 3 heterocycles. The van der Waals surface area contributed by atoms with Gasteiger partial charge in [0.2, 0.25) is 0 Å². The van der Waals surface area contributed by atoms with Gasteiger partial charge in [-0.05, 0) is 100 Å². The maximum atomic E-state index is 12.9. The summed E-state index contributed by atoms with van der Waals surface area (Å²) in [6.45, 7) is 9.74. The van der Waals surface area contributed by atoms with Crippen molar-refractivity contribution in [2.45, 2.75) is 57.8 Å². The zero-order valence-electron chi connectivity index (χ0n) is 22.8. The summed E-state index contributed by atoms with van der Waals surface area (Å²) in [4.78, 5) is 31.0. The highest BCUT2D eigenvalue weighted by Gasteiger charge is 2.39. The quantitative estimate of drug-likeness (QED) is 0.471. The molecule has 1 aliphatic carbocycles. The van der Waals surface area contributed by atoms with Crippen LogP contribution >= 0.6 is 0 Å². The summed E-state index contributed by atoms with van der Waals surface area (Å²) in [6, 6.07) is 13.0. The van der Waals surface area contributed by atoms with E-state index in [0.717, 1.165) is 61.1 Å². The number of ether oxygens (including phenoxy) is 1. The molecule has 0 spiro atoms. The zero-order valence-corrected chi connectivity index (χ0v) is 22.8. The van der Waals surface area contributed by atoms with Crippen molar-refractivity contribution in [3.8, 4) is 5.69 Å². The van der Waals surface area contributed by atoms with Crippen LogP contribution in [0.25, 0.3) is 16.6 Å². The first kappa shape index (κ1) is 25.8. The number of hydrogen-bond acceptors (Lipinski definition) is 5. The van der Waals surface area contributed by atoms with Crippen LogP contribution in [0.1, 0.15) is 68.0 Å². The number of piperidine rings is 1. The highest BCUT2D eigenvalue weighted by molar-refractivity contribution is 5.85. The molecule has 6 heteroatoms. The fraction of sp³-hybridized carbons (Fsp3) is 0.516. The number of nitrogens with zero attached hydrogens (tertiary/aromatic N) is 3. The second-order valence-electron chi connectivity index (χ2n) is 11.7. The van der Waals surface area contributed by atoms with E-state index in [1.165, 1.54) is 29.7 Å². The van der Waals surface area contributed by atoms with E-state index in [1.807, 2.05) is 19.1 Å². The maximum absolute atomic E-state index is 12.9. The molecule has 3 aromatic rings.